The van der Waals surface area contributed by atoms with Crippen LogP contribution in [0.15, 0.2) is 0 Å². The molecule has 1 aromatic rings. The van der Waals surface area contributed by atoms with E-state index in [0.29, 0.717) is 16.1 Å². The number of nitrogens with two attached hydrogens (primary N) is 1. The van der Waals surface area contributed by atoms with E-state index in [4.69, 9.17) is 11.0 Å². The molecular weight excluding hydrogens is 244 g/mol. The van der Waals surface area contributed by atoms with Gasteiger partial charge in [0.2, 0.25) is 0 Å². The SMILES string of the molecule is N#Cc1sc(N2CC3CCCC3C2)c(C#N)c1N. The van der Waals surface area contributed by atoms with Crippen LogP contribution in [0.25, 0.3) is 0 Å². The average molecular weight is 258 g/mol. The first-order valence-corrected chi connectivity index (χ1v) is 7.03. The summed E-state index contributed by atoms with van der Waals surface area (Å²) < 4.78 is 0. The minimum Gasteiger partial charge on any atom is -0.396 e. The summed E-state index contributed by atoms with van der Waals surface area (Å²) in [5.74, 6) is 1.54. The van der Waals surface area contributed by atoms with E-state index < -0.39 is 0 Å². The standard InChI is InChI=1S/C13H14N4S/c14-4-10-12(16)11(5-15)18-13(10)17-6-8-2-1-3-9(8)7-17/h8-9H,1-3,6-7,16H2. The molecule has 0 aromatic carbocycles. The maximum Gasteiger partial charge on any atom is 0.131 e. The summed E-state index contributed by atoms with van der Waals surface area (Å²) in [6.07, 6.45) is 3.94. The zero-order valence-electron chi connectivity index (χ0n) is 10.0. The lowest BCUT2D eigenvalue weighted by atomic mass is 10.0. The molecule has 0 bridgehead atoms. The number of nitrogen functional groups attached to an aromatic ring is 1. The Bertz CT molecular complexity index is 551. The Hall–Kier alpha value is -1.72. The highest BCUT2D eigenvalue weighted by Crippen LogP contribution is 2.44. The number of rotatable bonds is 1. The molecule has 1 aromatic heterocycles. The van der Waals surface area contributed by atoms with Gasteiger partial charge in [0, 0.05) is 13.1 Å². The van der Waals surface area contributed by atoms with E-state index in [9.17, 15) is 5.26 Å². The molecule has 2 unspecified atom stereocenters. The van der Waals surface area contributed by atoms with Gasteiger partial charge in [-0.1, -0.05) is 6.42 Å². The van der Waals surface area contributed by atoms with Gasteiger partial charge in [0.1, 0.15) is 27.6 Å². The summed E-state index contributed by atoms with van der Waals surface area (Å²) in [4.78, 5) is 2.73. The highest BCUT2D eigenvalue weighted by Gasteiger charge is 2.37. The van der Waals surface area contributed by atoms with Gasteiger partial charge in [0.15, 0.2) is 0 Å². The number of anilines is 2. The predicted octanol–water partition coefficient (Wildman–Crippen LogP) is 2.31. The molecule has 2 N–H and O–H groups in total. The fraction of sp³-hybridized carbons (Fsp3) is 0.538. The van der Waals surface area contributed by atoms with Crippen molar-refractivity contribution in [1.82, 2.24) is 0 Å². The quantitative estimate of drug-likeness (QED) is 0.838. The van der Waals surface area contributed by atoms with Crippen LogP contribution in [0, 0.1) is 34.5 Å². The Morgan fingerprint density at radius 1 is 1.17 bits per heavy atom. The molecule has 2 fully saturated rings. The summed E-state index contributed by atoms with van der Waals surface area (Å²) in [6.45, 7) is 2.04. The zero-order chi connectivity index (χ0) is 12.7. The van der Waals surface area contributed by atoms with Crippen molar-refractivity contribution in [2.45, 2.75) is 19.3 Å². The van der Waals surface area contributed by atoms with Gasteiger partial charge < -0.3 is 10.6 Å². The van der Waals surface area contributed by atoms with Gasteiger partial charge in [0.25, 0.3) is 0 Å². The average Bonchev–Trinajstić information content (AvgIpc) is 3.00. The van der Waals surface area contributed by atoms with E-state index in [1.165, 1.54) is 30.6 Å². The molecule has 2 aliphatic rings. The summed E-state index contributed by atoms with van der Waals surface area (Å²) in [5.41, 5.74) is 6.70. The lowest BCUT2D eigenvalue weighted by molar-refractivity contribution is 0.494. The molecule has 2 atom stereocenters. The number of nitrogens with zero attached hydrogens (tertiary/aromatic N) is 3. The maximum atomic E-state index is 9.21. The first kappa shape index (κ1) is 11.4. The van der Waals surface area contributed by atoms with E-state index in [2.05, 4.69) is 17.0 Å². The van der Waals surface area contributed by atoms with Gasteiger partial charge in [-0.15, -0.1) is 11.3 Å². The number of nitriles is 2. The summed E-state index contributed by atoms with van der Waals surface area (Å²) in [5, 5.41) is 19.1. The third-order valence-corrected chi connectivity index (χ3v) is 5.32. The summed E-state index contributed by atoms with van der Waals surface area (Å²) in [7, 11) is 0. The van der Waals surface area contributed by atoms with E-state index in [1.807, 2.05) is 0 Å². The van der Waals surface area contributed by atoms with Gasteiger partial charge in [-0.05, 0) is 24.7 Å². The van der Waals surface area contributed by atoms with Crippen molar-refractivity contribution in [2.24, 2.45) is 11.8 Å². The molecule has 92 valence electrons. The number of hydrogen-bond donors (Lipinski definition) is 1. The molecule has 1 aliphatic carbocycles. The number of hydrogen-bond acceptors (Lipinski definition) is 5. The minimum absolute atomic E-state index is 0.358. The number of thiophene rings is 1. The Kier molecular flexibility index (Phi) is 2.65. The lowest BCUT2D eigenvalue weighted by Crippen LogP contribution is -2.20. The Labute approximate surface area is 110 Å². The van der Waals surface area contributed by atoms with Crippen LogP contribution in [0.3, 0.4) is 0 Å². The van der Waals surface area contributed by atoms with Crippen molar-refractivity contribution in [1.29, 1.82) is 10.5 Å². The Morgan fingerprint density at radius 3 is 2.39 bits per heavy atom. The second-order valence-corrected chi connectivity index (χ2v) is 6.10. The Morgan fingerprint density at radius 2 is 1.83 bits per heavy atom. The van der Waals surface area contributed by atoms with Gasteiger partial charge >= 0.3 is 0 Å². The molecular formula is C13H14N4S. The normalized spacial score (nSPS) is 25.8. The van der Waals surface area contributed by atoms with Crippen LogP contribution in [0.1, 0.15) is 29.7 Å². The molecule has 4 nitrogen and oxygen atoms in total. The third kappa shape index (κ3) is 1.55. The molecule has 3 rings (SSSR count). The topological polar surface area (TPSA) is 76.8 Å². The van der Waals surface area contributed by atoms with E-state index >= 15 is 0 Å². The van der Waals surface area contributed by atoms with E-state index in [-0.39, 0.29) is 0 Å². The molecule has 0 amide bonds. The molecule has 1 aliphatic heterocycles. The molecule has 0 spiro atoms. The van der Waals surface area contributed by atoms with Crippen molar-refractivity contribution in [3.05, 3.63) is 10.4 Å². The van der Waals surface area contributed by atoms with Crippen LogP contribution in [0.4, 0.5) is 10.7 Å². The second kappa shape index (κ2) is 4.19. The first-order chi connectivity index (χ1) is 8.74. The highest BCUT2D eigenvalue weighted by atomic mass is 32.1. The monoisotopic (exact) mass is 258 g/mol. The van der Waals surface area contributed by atoms with Crippen molar-refractivity contribution in [3.8, 4) is 12.1 Å². The van der Waals surface area contributed by atoms with Crippen LogP contribution in [0.5, 0.6) is 0 Å². The van der Waals surface area contributed by atoms with Crippen LogP contribution >= 0.6 is 11.3 Å². The Balaban J connectivity index is 1.94. The second-order valence-electron chi connectivity index (χ2n) is 5.10. The first-order valence-electron chi connectivity index (χ1n) is 6.22. The highest BCUT2D eigenvalue weighted by molar-refractivity contribution is 7.17. The van der Waals surface area contributed by atoms with Crippen molar-refractivity contribution in [2.75, 3.05) is 23.7 Å². The van der Waals surface area contributed by atoms with Gasteiger partial charge in [-0.2, -0.15) is 10.5 Å². The largest absolute Gasteiger partial charge is 0.396 e. The van der Waals surface area contributed by atoms with Crippen molar-refractivity contribution in [3.63, 3.8) is 0 Å². The molecule has 0 radical (unpaired) electrons. The van der Waals surface area contributed by atoms with E-state index in [0.717, 1.165) is 29.9 Å². The zero-order valence-corrected chi connectivity index (χ0v) is 10.8. The van der Waals surface area contributed by atoms with Crippen molar-refractivity contribution >= 4 is 22.0 Å². The molecule has 1 saturated carbocycles. The fourth-order valence-corrected chi connectivity index (χ4v) is 4.23. The third-order valence-electron chi connectivity index (χ3n) is 4.15. The lowest BCUT2D eigenvalue weighted by Gasteiger charge is -2.17. The van der Waals surface area contributed by atoms with Gasteiger partial charge in [-0.25, -0.2) is 0 Å². The van der Waals surface area contributed by atoms with Gasteiger partial charge in [0.05, 0.1) is 5.69 Å². The summed E-state index contributed by atoms with van der Waals surface area (Å²) >= 11 is 1.36. The summed E-state index contributed by atoms with van der Waals surface area (Å²) in [6, 6.07) is 4.23. The van der Waals surface area contributed by atoms with Crippen LogP contribution in [0.2, 0.25) is 0 Å². The van der Waals surface area contributed by atoms with Gasteiger partial charge in [-0.3, -0.25) is 0 Å². The predicted molar refractivity (Wildman–Crippen MR) is 71.2 cm³/mol. The van der Waals surface area contributed by atoms with Crippen molar-refractivity contribution < 1.29 is 0 Å². The van der Waals surface area contributed by atoms with E-state index in [1.54, 1.807) is 0 Å². The smallest absolute Gasteiger partial charge is 0.131 e. The fourth-order valence-electron chi connectivity index (χ4n) is 3.25. The molecule has 2 heterocycles. The molecule has 1 saturated heterocycles. The van der Waals surface area contributed by atoms with Crippen LogP contribution in [-0.2, 0) is 0 Å². The van der Waals surface area contributed by atoms with Crippen LogP contribution in [-0.4, -0.2) is 13.1 Å². The molecule has 18 heavy (non-hydrogen) atoms. The minimum atomic E-state index is 0.358. The number of fused-ring (bicyclic) bond motifs is 1. The van der Waals surface area contributed by atoms with Crippen LogP contribution < -0.4 is 10.6 Å². The maximum absolute atomic E-state index is 9.21. The molecule has 5 heteroatoms.